The van der Waals surface area contributed by atoms with Gasteiger partial charge >= 0.3 is 5.97 Å². The molecule has 1 aromatic rings. The average Bonchev–Trinajstić information content (AvgIpc) is 2.91. The van der Waals surface area contributed by atoms with E-state index in [4.69, 9.17) is 27.9 Å². The van der Waals surface area contributed by atoms with Crippen molar-refractivity contribution in [2.24, 2.45) is 0 Å². The summed E-state index contributed by atoms with van der Waals surface area (Å²) in [7, 11) is 0. The van der Waals surface area contributed by atoms with Gasteiger partial charge in [0, 0.05) is 6.04 Å². The lowest BCUT2D eigenvalue weighted by Crippen LogP contribution is -2.36. The van der Waals surface area contributed by atoms with Gasteiger partial charge in [-0.25, -0.2) is 9.78 Å². The van der Waals surface area contributed by atoms with Crippen LogP contribution in [-0.2, 0) is 9.53 Å². The number of hydrogen-bond acceptors (Lipinski definition) is 4. The number of ether oxygens (including phenoxy) is 1. The standard InChI is InChI=1S/C13H14Cl2N2O3/c14-9-5-6-10(15)17-12(9)13(19)20-7-11(18)16-8-3-1-2-4-8/h5-6,8H,1-4,7H2,(H,16,18). The highest BCUT2D eigenvalue weighted by Crippen LogP contribution is 2.18. The van der Waals surface area contributed by atoms with Gasteiger partial charge in [0.15, 0.2) is 12.3 Å². The molecule has 1 N–H and O–H groups in total. The maximum Gasteiger partial charge on any atom is 0.359 e. The normalized spacial score (nSPS) is 15.1. The number of aromatic nitrogens is 1. The number of carbonyl (C=O) groups is 2. The first-order valence-electron chi connectivity index (χ1n) is 6.35. The summed E-state index contributed by atoms with van der Waals surface area (Å²) in [6.07, 6.45) is 4.18. The van der Waals surface area contributed by atoms with Gasteiger partial charge in [-0.2, -0.15) is 0 Å². The number of carbonyl (C=O) groups excluding carboxylic acids is 2. The Morgan fingerprint density at radius 1 is 1.30 bits per heavy atom. The van der Waals surface area contributed by atoms with E-state index in [2.05, 4.69) is 10.3 Å². The Hall–Kier alpha value is -1.33. The molecule has 1 aromatic heterocycles. The van der Waals surface area contributed by atoms with Crippen LogP contribution in [0.5, 0.6) is 0 Å². The smallest absolute Gasteiger partial charge is 0.359 e. The molecule has 20 heavy (non-hydrogen) atoms. The number of nitrogens with one attached hydrogen (secondary N) is 1. The topological polar surface area (TPSA) is 68.3 Å². The average molecular weight is 317 g/mol. The van der Waals surface area contributed by atoms with Gasteiger partial charge in [-0.1, -0.05) is 36.0 Å². The molecular formula is C13H14Cl2N2O3. The summed E-state index contributed by atoms with van der Waals surface area (Å²) in [6, 6.07) is 3.11. The Morgan fingerprint density at radius 3 is 2.70 bits per heavy atom. The van der Waals surface area contributed by atoms with Crippen molar-refractivity contribution in [2.75, 3.05) is 6.61 Å². The Morgan fingerprint density at radius 2 is 2.00 bits per heavy atom. The van der Waals surface area contributed by atoms with Crippen LogP contribution in [0, 0.1) is 0 Å². The lowest BCUT2D eigenvalue weighted by molar-refractivity contribution is -0.124. The molecule has 1 aliphatic rings. The predicted molar refractivity (Wildman–Crippen MR) is 74.9 cm³/mol. The molecule has 1 saturated carbocycles. The van der Waals surface area contributed by atoms with E-state index in [9.17, 15) is 9.59 Å². The van der Waals surface area contributed by atoms with Crippen LogP contribution in [0.4, 0.5) is 0 Å². The monoisotopic (exact) mass is 316 g/mol. The van der Waals surface area contributed by atoms with Crippen LogP contribution in [0.25, 0.3) is 0 Å². The number of rotatable bonds is 4. The van der Waals surface area contributed by atoms with E-state index < -0.39 is 5.97 Å². The first kappa shape index (κ1) is 15.1. The molecule has 0 bridgehead atoms. The van der Waals surface area contributed by atoms with Crippen LogP contribution >= 0.6 is 23.2 Å². The fourth-order valence-electron chi connectivity index (χ4n) is 2.10. The summed E-state index contributed by atoms with van der Waals surface area (Å²) in [4.78, 5) is 27.2. The molecule has 2 rings (SSSR count). The second-order valence-corrected chi connectivity index (χ2v) is 5.38. The molecule has 0 aromatic carbocycles. The number of amides is 1. The van der Waals surface area contributed by atoms with E-state index in [0.29, 0.717) is 0 Å². The SMILES string of the molecule is O=C(COC(=O)c1nc(Cl)ccc1Cl)NC1CCCC1. The number of halogens is 2. The number of hydrogen-bond donors (Lipinski definition) is 1. The highest BCUT2D eigenvalue weighted by Gasteiger charge is 2.19. The zero-order chi connectivity index (χ0) is 14.5. The summed E-state index contributed by atoms with van der Waals surface area (Å²) >= 11 is 11.5. The van der Waals surface area contributed by atoms with Gasteiger partial charge in [-0.3, -0.25) is 4.79 Å². The Bertz CT molecular complexity index is 516. The molecule has 5 nitrogen and oxygen atoms in total. The maximum absolute atomic E-state index is 11.8. The molecule has 7 heteroatoms. The second kappa shape index (κ2) is 6.90. The molecule has 0 aliphatic heterocycles. The fraction of sp³-hybridized carbons (Fsp3) is 0.462. The van der Waals surface area contributed by atoms with E-state index in [-0.39, 0.29) is 34.4 Å². The summed E-state index contributed by atoms with van der Waals surface area (Å²) in [5, 5.41) is 3.09. The van der Waals surface area contributed by atoms with Crippen LogP contribution in [0.2, 0.25) is 10.2 Å². The lowest BCUT2D eigenvalue weighted by Gasteiger charge is -2.12. The Kier molecular flexibility index (Phi) is 5.20. The zero-order valence-electron chi connectivity index (χ0n) is 10.7. The first-order valence-corrected chi connectivity index (χ1v) is 7.10. The molecule has 1 amide bonds. The highest BCUT2D eigenvalue weighted by molar-refractivity contribution is 6.34. The van der Waals surface area contributed by atoms with Crippen LogP contribution < -0.4 is 5.32 Å². The number of esters is 1. The van der Waals surface area contributed by atoms with Gasteiger partial charge in [-0.15, -0.1) is 0 Å². The first-order chi connectivity index (χ1) is 9.56. The van der Waals surface area contributed by atoms with Gasteiger partial charge in [0.25, 0.3) is 5.91 Å². The van der Waals surface area contributed by atoms with E-state index in [0.717, 1.165) is 25.7 Å². The molecule has 1 heterocycles. The third-order valence-electron chi connectivity index (χ3n) is 3.06. The van der Waals surface area contributed by atoms with Crippen LogP contribution in [0.15, 0.2) is 12.1 Å². The molecule has 0 unspecified atom stereocenters. The van der Waals surface area contributed by atoms with Crippen molar-refractivity contribution in [3.8, 4) is 0 Å². The quantitative estimate of drug-likeness (QED) is 0.685. The van der Waals surface area contributed by atoms with Gasteiger partial charge < -0.3 is 10.1 Å². The van der Waals surface area contributed by atoms with E-state index in [1.807, 2.05) is 0 Å². The maximum atomic E-state index is 11.8. The summed E-state index contributed by atoms with van der Waals surface area (Å²) < 4.78 is 4.88. The van der Waals surface area contributed by atoms with Crippen molar-refractivity contribution < 1.29 is 14.3 Å². The number of pyridine rings is 1. The number of nitrogens with zero attached hydrogens (tertiary/aromatic N) is 1. The summed E-state index contributed by atoms with van der Waals surface area (Å²) in [6.45, 7) is -0.347. The summed E-state index contributed by atoms with van der Waals surface area (Å²) in [5.41, 5.74) is -0.0900. The van der Waals surface area contributed by atoms with Crippen molar-refractivity contribution in [3.05, 3.63) is 28.0 Å². The second-order valence-electron chi connectivity index (χ2n) is 4.59. The molecule has 1 fully saturated rings. The van der Waals surface area contributed by atoms with Crippen molar-refractivity contribution in [3.63, 3.8) is 0 Å². The minimum atomic E-state index is -0.765. The van der Waals surface area contributed by atoms with Crippen LogP contribution in [-0.4, -0.2) is 29.5 Å². The van der Waals surface area contributed by atoms with E-state index in [1.54, 1.807) is 0 Å². The predicted octanol–water partition coefficient (Wildman–Crippen LogP) is 2.60. The van der Waals surface area contributed by atoms with Crippen LogP contribution in [0.1, 0.15) is 36.2 Å². The summed E-state index contributed by atoms with van der Waals surface area (Å²) in [5.74, 6) is -1.08. The van der Waals surface area contributed by atoms with Crippen molar-refractivity contribution in [1.82, 2.24) is 10.3 Å². The molecule has 0 saturated heterocycles. The Labute approximate surface area is 126 Å². The van der Waals surface area contributed by atoms with E-state index >= 15 is 0 Å². The zero-order valence-corrected chi connectivity index (χ0v) is 12.2. The van der Waals surface area contributed by atoms with Gasteiger partial charge in [0.05, 0.1) is 5.02 Å². The molecule has 1 aliphatic carbocycles. The fourth-order valence-corrected chi connectivity index (χ4v) is 2.43. The molecule has 0 radical (unpaired) electrons. The highest BCUT2D eigenvalue weighted by atomic mass is 35.5. The minimum Gasteiger partial charge on any atom is -0.451 e. The third kappa shape index (κ3) is 4.08. The molecule has 108 valence electrons. The van der Waals surface area contributed by atoms with Crippen molar-refractivity contribution >= 4 is 35.1 Å². The van der Waals surface area contributed by atoms with Crippen molar-refractivity contribution in [1.29, 1.82) is 0 Å². The van der Waals surface area contributed by atoms with Gasteiger partial charge in [0.1, 0.15) is 5.15 Å². The van der Waals surface area contributed by atoms with Gasteiger partial charge in [-0.05, 0) is 25.0 Å². The largest absolute Gasteiger partial charge is 0.451 e. The minimum absolute atomic E-state index is 0.0900. The van der Waals surface area contributed by atoms with Crippen molar-refractivity contribution in [2.45, 2.75) is 31.7 Å². The lowest BCUT2D eigenvalue weighted by atomic mass is 10.2. The molecule has 0 atom stereocenters. The third-order valence-corrected chi connectivity index (χ3v) is 3.58. The van der Waals surface area contributed by atoms with Gasteiger partial charge in [0.2, 0.25) is 0 Å². The van der Waals surface area contributed by atoms with E-state index in [1.165, 1.54) is 12.1 Å². The van der Waals surface area contributed by atoms with Crippen LogP contribution in [0.3, 0.4) is 0 Å². The Balaban J connectivity index is 1.85. The molecular weight excluding hydrogens is 303 g/mol. The molecule has 0 spiro atoms.